The fraction of sp³-hybridized carbons (Fsp3) is 0.500. The van der Waals surface area contributed by atoms with Gasteiger partial charge in [-0.2, -0.15) is 0 Å². The zero-order valence-electron chi connectivity index (χ0n) is 55.2. The number of hydrogen-bond acceptors (Lipinski definition) is 21. The molecule has 0 amide bonds. The molecular weight excluding hydrogens is 1200 g/mol. The minimum Gasteiger partial charge on any atom is -0.493 e. The van der Waals surface area contributed by atoms with Gasteiger partial charge in [-0.1, -0.05) is 0 Å². The van der Waals surface area contributed by atoms with Crippen LogP contribution >= 0.6 is 0 Å². The summed E-state index contributed by atoms with van der Waals surface area (Å²) in [5.74, 6) is 7.67. The molecule has 0 spiro atoms. The van der Waals surface area contributed by atoms with Gasteiger partial charge in [0.05, 0.1) is 83.8 Å². The molecule has 0 saturated carbocycles. The van der Waals surface area contributed by atoms with Crippen molar-refractivity contribution in [2.45, 2.75) is 116 Å². The van der Waals surface area contributed by atoms with Gasteiger partial charge < -0.3 is 99.5 Å². The molecule has 93 heavy (non-hydrogen) atoms. The first kappa shape index (κ1) is 68.0. The highest BCUT2D eigenvalue weighted by Crippen LogP contribution is 2.45. The van der Waals surface area contributed by atoms with E-state index in [1.165, 1.54) is 0 Å². The molecule has 3 unspecified atom stereocenters. The third-order valence-corrected chi connectivity index (χ3v) is 16.6. The van der Waals surface area contributed by atoms with Crippen molar-refractivity contribution >= 4 is 0 Å². The van der Waals surface area contributed by atoms with Crippen LogP contribution in [-0.2, 0) is 67.5 Å². The van der Waals surface area contributed by atoms with Crippen LogP contribution in [0.15, 0.2) is 72.8 Å². The Labute approximate surface area is 545 Å². The van der Waals surface area contributed by atoms with E-state index in [9.17, 15) is 0 Å². The lowest BCUT2D eigenvalue weighted by Gasteiger charge is -2.23. The van der Waals surface area contributed by atoms with Crippen molar-refractivity contribution in [3.63, 3.8) is 0 Å². The minimum absolute atomic E-state index is 0.161. The SMILES string of the molecule is COc1cc2c(cc1OCCOc1c(OC)cc(COC3CCCCO3)cc1OC)Cc1cc(OC)c(OCCOc3c(OC)cc(COC4CCCCO4)cc3OC)cc1Cc1cc(OC)c(OCCOc3c(OC)cc(COC4CCCCO4)cc3OC)cc1C2. The topological polar surface area (TPSA) is 194 Å². The monoisotopic (exact) mass is 1290 g/mol. The minimum atomic E-state index is -0.240. The Bertz CT molecular complexity index is 2940. The summed E-state index contributed by atoms with van der Waals surface area (Å²) in [7, 11) is 14.5. The van der Waals surface area contributed by atoms with E-state index in [1.54, 1.807) is 64.0 Å². The summed E-state index contributed by atoms with van der Waals surface area (Å²) < 4.78 is 127. The fourth-order valence-electron chi connectivity index (χ4n) is 11.8. The molecule has 3 saturated heterocycles. The zero-order valence-corrected chi connectivity index (χ0v) is 55.2. The summed E-state index contributed by atoms with van der Waals surface area (Å²) in [5, 5.41) is 0. The molecule has 10 rings (SSSR count). The second kappa shape index (κ2) is 34.3. The molecule has 3 heterocycles. The van der Waals surface area contributed by atoms with Gasteiger partial charge in [-0.3, -0.25) is 0 Å². The number of methoxy groups -OCH3 is 9. The summed E-state index contributed by atoms with van der Waals surface area (Å²) in [5.41, 5.74) is 8.65. The first-order valence-corrected chi connectivity index (χ1v) is 31.9. The lowest BCUT2D eigenvalue weighted by molar-refractivity contribution is -0.169. The van der Waals surface area contributed by atoms with Gasteiger partial charge in [0.25, 0.3) is 0 Å². The van der Waals surface area contributed by atoms with Crippen molar-refractivity contribution < 1.29 is 99.5 Å². The van der Waals surface area contributed by atoms with Gasteiger partial charge >= 0.3 is 0 Å². The van der Waals surface area contributed by atoms with Gasteiger partial charge in [-0.25, -0.2) is 0 Å². The van der Waals surface area contributed by atoms with E-state index in [0.717, 1.165) is 108 Å². The molecule has 0 aromatic heterocycles. The van der Waals surface area contributed by atoms with Crippen molar-refractivity contribution in [2.75, 3.05) is 123 Å². The number of fused-ring (bicyclic) bond motifs is 3. The maximum absolute atomic E-state index is 6.56. The lowest BCUT2D eigenvalue weighted by atomic mass is 9.94. The molecular formula is C72H90O21. The third-order valence-electron chi connectivity index (χ3n) is 16.6. The summed E-state index contributed by atoms with van der Waals surface area (Å²) in [6.45, 7) is 4.07. The normalized spacial score (nSPS) is 16.9. The smallest absolute Gasteiger partial charge is 0.203 e. The molecule has 0 bridgehead atoms. The van der Waals surface area contributed by atoms with E-state index in [4.69, 9.17) is 99.5 Å². The van der Waals surface area contributed by atoms with Crippen LogP contribution in [0.5, 0.6) is 86.2 Å². The van der Waals surface area contributed by atoms with Crippen molar-refractivity contribution in [3.8, 4) is 86.2 Å². The highest BCUT2D eigenvalue weighted by Gasteiger charge is 2.26. The Kier molecular flexibility index (Phi) is 25.1. The van der Waals surface area contributed by atoms with Gasteiger partial charge in [-0.15, -0.1) is 0 Å². The first-order chi connectivity index (χ1) is 45.6. The molecule has 4 aliphatic rings. The summed E-state index contributed by atoms with van der Waals surface area (Å²) in [6.07, 6.45) is 9.72. The Morgan fingerprint density at radius 3 is 0.710 bits per heavy atom. The quantitative estimate of drug-likeness (QED) is 0.0352. The standard InChI is InChI=1S/C72H90O21/c1-73-55-37-49-34-53-41-59(83-23-26-89-71-63(78-6)30-47(31-64(71)79-7)44-92-68-17-11-14-20-86-68)57(75-3)39-51(53)36-54-42-60(84-24-27-90-72-65(80-8)32-48(33-66(72)81-9)45-93-69-18-12-15-21-87-69)56(74-2)38-50(54)35-52(49)40-58(55)82-22-25-88-70-61(76-4)28-46(29-62(70)77-5)43-91-67-16-10-13-19-85-67/h28-33,37-42,67-69H,10-27,34-36,43-45H2,1-9H3. The second-order valence-electron chi connectivity index (χ2n) is 22.7. The predicted molar refractivity (Wildman–Crippen MR) is 344 cm³/mol. The molecule has 0 N–H and O–H groups in total. The molecule has 21 heteroatoms. The first-order valence-electron chi connectivity index (χ1n) is 31.9. The van der Waals surface area contributed by atoms with E-state index < -0.39 is 0 Å². The molecule has 0 radical (unpaired) electrons. The molecule has 504 valence electrons. The van der Waals surface area contributed by atoms with Crippen LogP contribution in [0.3, 0.4) is 0 Å². The maximum Gasteiger partial charge on any atom is 0.203 e. The third kappa shape index (κ3) is 17.9. The van der Waals surface area contributed by atoms with Gasteiger partial charge in [0.2, 0.25) is 17.2 Å². The van der Waals surface area contributed by atoms with E-state index in [0.29, 0.717) is 145 Å². The highest BCUT2D eigenvalue weighted by molar-refractivity contribution is 5.60. The molecule has 3 aliphatic heterocycles. The van der Waals surface area contributed by atoms with Gasteiger partial charge in [0.15, 0.2) is 87.9 Å². The van der Waals surface area contributed by atoms with E-state index >= 15 is 0 Å². The molecule has 21 nitrogen and oxygen atoms in total. The summed E-state index contributed by atoms with van der Waals surface area (Å²) in [6, 6.07) is 23.6. The number of hydrogen-bond donors (Lipinski definition) is 0. The molecule has 3 fully saturated rings. The zero-order chi connectivity index (χ0) is 64.9. The van der Waals surface area contributed by atoms with Crippen molar-refractivity contribution in [3.05, 3.63) is 123 Å². The van der Waals surface area contributed by atoms with Crippen molar-refractivity contribution in [2.24, 2.45) is 0 Å². The van der Waals surface area contributed by atoms with Crippen LogP contribution in [0.1, 0.15) is 108 Å². The Morgan fingerprint density at radius 1 is 0.269 bits per heavy atom. The molecule has 6 aromatic rings. The Balaban J connectivity index is 0.891. The van der Waals surface area contributed by atoms with Gasteiger partial charge in [0.1, 0.15) is 39.6 Å². The van der Waals surface area contributed by atoms with Crippen LogP contribution in [0.4, 0.5) is 0 Å². The number of benzene rings is 6. The van der Waals surface area contributed by atoms with Crippen molar-refractivity contribution in [1.29, 1.82) is 0 Å². The predicted octanol–water partition coefficient (Wildman–Crippen LogP) is 12.4. The fourth-order valence-corrected chi connectivity index (χ4v) is 11.8. The molecule has 1 aliphatic carbocycles. The van der Waals surface area contributed by atoms with Crippen molar-refractivity contribution in [1.82, 2.24) is 0 Å². The van der Waals surface area contributed by atoms with Crippen LogP contribution in [0.2, 0.25) is 0 Å². The largest absolute Gasteiger partial charge is 0.493 e. The molecule has 3 atom stereocenters. The van der Waals surface area contributed by atoms with E-state index in [-0.39, 0.29) is 58.5 Å². The highest BCUT2D eigenvalue weighted by atomic mass is 16.7. The lowest BCUT2D eigenvalue weighted by Crippen LogP contribution is -2.22. The average molecular weight is 1290 g/mol. The molecule has 6 aromatic carbocycles. The number of ether oxygens (including phenoxy) is 21. The van der Waals surface area contributed by atoms with Gasteiger partial charge in [-0.05, 0) is 200 Å². The van der Waals surface area contributed by atoms with Crippen LogP contribution in [0, 0.1) is 0 Å². The number of rotatable bonds is 33. The average Bonchev–Trinajstić information content (AvgIpc) is 1.84. The van der Waals surface area contributed by atoms with Crippen LogP contribution in [-0.4, -0.2) is 142 Å². The van der Waals surface area contributed by atoms with E-state index in [1.807, 2.05) is 72.8 Å². The van der Waals surface area contributed by atoms with Gasteiger partial charge in [0, 0.05) is 19.8 Å². The summed E-state index contributed by atoms with van der Waals surface area (Å²) in [4.78, 5) is 0. The maximum atomic E-state index is 6.56. The Hall–Kier alpha value is -7.92. The van der Waals surface area contributed by atoms with Crippen LogP contribution < -0.4 is 71.1 Å². The summed E-state index contributed by atoms with van der Waals surface area (Å²) >= 11 is 0. The van der Waals surface area contributed by atoms with Crippen LogP contribution in [0.25, 0.3) is 0 Å². The second-order valence-corrected chi connectivity index (χ2v) is 22.7. The Morgan fingerprint density at radius 2 is 0.495 bits per heavy atom. The van der Waals surface area contributed by atoms with E-state index in [2.05, 4.69) is 0 Å².